The lowest BCUT2D eigenvalue weighted by molar-refractivity contribution is -0.159. The minimum absolute atomic E-state index is 0.000621. The van der Waals surface area contributed by atoms with Gasteiger partial charge in [0.2, 0.25) is 5.91 Å². The maximum Gasteiger partial charge on any atom is 0.253 e. The summed E-state index contributed by atoms with van der Waals surface area (Å²) in [6.07, 6.45) is 5.51. The molecule has 0 bridgehead atoms. The zero-order chi connectivity index (χ0) is 16.7. The molecule has 3 aliphatic rings. The zero-order valence-corrected chi connectivity index (χ0v) is 14.2. The number of piperidine rings is 1. The Morgan fingerprint density at radius 2 is 2.00 bits per heavy atom. The molecule has 0 saturated carbocycles. The Hall–Kier alpha value is -1.88. The van der Waals surface area contributed by atoms with Crippen molar-refractivity contribution in [3.8, 4) is 0 Å². The predicted octanol–water partition coefficient (Wildman–Crippen LogP) is 1.64. The lowest BCUT2D eigenvalue weighted by atomic mass is 9.90. The standard InChI is InChI=1S/C19H24N2O3/c1-20-16-11-21(9-8-17(16)24-12-18(20)22)19(23)15-7-6-13-4-2-3-5-14(13)10-15/h6-7,10,16-17H,2-5,8-9,11-12H2,1H3/t16-,17+/m0/s1. The quantitative estimate of drug-likeness (QED) is 0.787. The Bertz CT molecular complexity index is 673. The van der Waals surface area contributed by atoms with E-state index in [1.807, 2.05) is 18.0 Å². The Balaban J connectivity index is 1.51. The molecule has 2 amide bonds. The van der Waals surface area contributed by atoms with Gasteiger partial charge < -0.3 is 14.5 Å². The SMILES string of the molecule is CN1C(=O)CO[C@@H]2CCN(C(=O)c3ccc4c(c3)CCCC4)C[C@@H]21. The second kappa shape index (κ2) is 6.20. The van der Waals surface area contributed by atoms with Crippen LogP contribution in [0.3, 0.4) is 0 Å². The van der Waals surface area contributed by atoms with E-state index < -0.39 is 0 Å². The van der Waals surface area contributed by atoms with E-state index >= 15 is 0 Å². The summed E-state index contributed by atoms with van der Waals surface area (Å²) in [5.41, 5.74) is 3.50. The molecule has 5 nitrogen and oxygen atoms in total. The van der Waals surface area contributed by atoms with Crippen LogP contribution in [0.1, 0.15) is 40.7 Å². The van der Waals surface area contributed by atoms with Crippen LogP contribution >= 0.6 is 0 Å². The highest BCUT2D eigenvalue weighted by Gasteiger charge is 2.40. The molecule has 4 rings (SSSR count). The molecule has 5 heteroatoms. The highest BCUT2D eigenvalue weighted by Crippen LogP contribution is 2.26. The minimum atomic E-state index is -0.0263. The second-order valence-electron chi connectivity index (χ2n) is 7.15. The van der Waals surface area contributed by atoms with Gasteiger partial charge in [-0.1, -0.05) is 6.07 Å². The molecule has 0 radical (unpaired) electrons. The van der Waals surface area contributed by atoms with Crippen LogP contribution in [0.2, 0.25) is 0 Å². The summed E-state index contributed by atoms with van der Waals surface area (Å²) in [5, 5.41) is 0. The molecule has 1 aromatic carbocycles. The van der Waals surface area contributed by atoms with Crippen LogP contribution in [0.15, 0.2) is 18.2 Å². The van der Waals surface area contributed by atoms with Crippen LogP contribution in [0.4, 0.5) is 0 Å². The van der Waals surface area contributed by atoms with Gasteiger partial charge >= 0.3 is 0 Å². The van der Waals surface area contributed by atoms with Gasteiger partial charge in [0.05, 0.1) is 12.1 Å². The molecular formula is C19H24N2O3. The molecule has 0 aromatic heterocycles. The van der Waals surface area contributed by atoms with Crippen molar-refractivity contribution in [3.05, 3.63) is 34.9 Å². The summed E-state index contributed by atoms with van der Waals surface area (Å²) >= 11 is 0. The van der Waals surface area contributed by atoms with Crippen molar-refractivity contribution >= 4 is 11.8 Å². The number of ether oxygens (including phenoxy) is 1. The first kappa shape index (κ1) is 15.6. The molecule has 128 valence electrons. The molecule has 2 atom stereocenters. The first-order valence-electron chi connectivity index (χ1n) is 8.92. The number of amides is 2. The van der Waals surface area contributed by atoms with Crippen molar-refractivity contribution in [1.82, 2.24) is 9.80 Å². The van der Waals surface area contributed by atoms with Crippen molar-refractivity contribution in [2.45, 2.75) is 44.2 Å². The number of likely N-dealkylation sites (tertiary alicyclic amines) is 1. The number of morpholine rings is 1. The Labute approximate surface area is 142 Å². The molecule has 0 unspecified atom stereocenters. The van der Waals surface area contributed by atoms with E-state index in [0.29, 0.717) is 13.1 Å². The van der Waals surface area contributed by atoms with Gasteiger partial charge in [0, 0.05) is 25.7 Å². The van der Waals surface area contributed by atoms with Crippen molar-refractivity contribution in [2.24, 2.45) is 0 Å². The molecule has 2 fully saturated rings. The van der Waals surface area contributed by atoms with Crippen molar-refractivity contribution in [2.75, 3.05) is 26.7 Å². The summed E-state index contributed by atoms with van der Waals surface area (Å²) in [4.78, 5) is 28.4. The van der Waals surface area contributed by atoms with E-state index in [-0.39, 0.29) is 30.6 Å². The summed E-state index contributed by atoms with van der Waals surface area (Å²) in [7, 11) is 1.81. The summed E-state index contributed by atoms with van der Waals surface area (Å²) in [6.45, 7) is 1.42. The Morgan fingerprint density at radius 1 is 1.21 bits per heavy atom. The number of hydrogen-bond acceptors (Lipinski definition) is 3. The average molecular weight is 328 g/mol. The number of carbonyl (C=O) groups is 2. The third-order valence-electron chi connectivity index (χ3n) is 5.71. The molecule has 2 saturated heterocycles. The van der Waals surface area contributed by atoms with Crippen LogP contribution in [0.5, 0.6) is 0 Å². The number of likely N-dealkylation sites (N-methyl/N-ethyl adjacent to an activating group) is 1. The van der Waals surface area contributed by atoms with Crippen LogP contribution in [-0.2, 0) is 22.4 Å². The highest BCUT2D eigenvalue weighted by molar-refractivity contribution is 5.94. The van der Waals surface area contributed by atoms with Gasteiger partial charge in [-0.2, -0.15) is 0 Å². The summed E-state index contributed by atoms with van der Waals surface area (Å²) < 4.78 is 5.64. The smallest absolute Gasteiger partial charge is 0.253 e. The van der Waals surface area contributed by atoms with Gasteiger partial charge in [-0.25, -0.2) is 0 Å². The zero-order valence-electron chi connectivity index (χ0n) is 14.2. The number of nitrogens with zero attached hydrogens (tertiary/aromatic N) is 2. The van der Waals surface area contributed by atoms with E-state index in [0.717, 1.165) is 24.8 Å². The molecule has 2 aliphatic heterocycles. The summed E-state index contributed by atoms with van der Waals surface area (Å²) in [6, 6.07) is 6.13. The number of carbonyl (C=O) groups excluding carboxylic acids is 2. The molecule has 0 spiro atoms. The lowest BCUT2D eigenvalue weighted by Gasteiger charge is -2.45. The fraction of sp³-hybridized carbons (Fsp3) is 0.579. The lowest BCUT2D eigenvalue weighted by Crippen LogP contribution is -2.61. The average Bonchev–Trinajstić information content (AvgIpc) is 2.63. The molecule has 1 aliphatic carbocycles. The molecule has 24 heavy (non-hydrogen) atoms. The second-order valence-corrected chi connectivity index (χ2v) is 7.15. The van der Waals surface area contributed by atoms with Gasteiger partial charge in [-0.15, -0.1) is 0 Å². The largest absolute Gasteiger partial charge is 0.366 e. The normalized spacial score (nSPS) is 26.8. The minimum Gasteiger partial charge on any atom is -0.366 e. The number of hydrogen-bond donors (Lipinski definition) is 0. The van der Waals surface area contributed by atoms with E-state index in [9.17, 15) is 9.59 Å². The molecule has 1 aromatic rings. The van der Waals surface area contributed by atoms with E-state index in [4.69, 9.17) is 4.74 Å². The van der Waals surface area contributed by atoms with E-state index in [1.165, 1.54) is 24.0 Å². The number of rotatable bonds is 1. The van der Waals surface area contributed by atoms with Gasteiger partial charge in [0.1, 0.15) is 6.61 Å². The fourth-order valence-corrected chi connectivity index (χ4v) is 4.17. The Kier molecular flexibility index (Phi) is 4.04. The predicted molar refractivity (Wildman–Crippen MR) is 89.9 cm³/mol. The maximum atomic E-state index is 12.9. The maximum absolute atomic E-state index is 12.9. The van der Waals surface area contributed by atoms with Crippen molar-refractivity contribution in [1.29, 1.82) is 0 Å². The van der Waals surface area contributed by atoms with Crippen LogP contribution < -0.4 is 0 Å². The third-order valence-corrected chi connectivity index (χ3v) is 5.71. The fourth-order valence-electron chi connectivity index (χ4n) is 4.17. The molecule has 2 heterocycles. The van der Waals surface area contributed by atoms with Crippen LogP contribution in [0.25, 0.3) is 0 Å². The first-order chi connectivity index (χ1) is 11.6. The molecule has 0 N–H and O–H groups in total. The number of aryl methyl sites for hydroxylation is 2. The van der Waals surface area contributed by atoms with Gasteiger partial charge in [0.15, 0.2) is 0 Å². The Morgan fingerprint density at radius 3 is 2.83 bits per heavy atom. The van der Waals surface area contributed by atoms with Crippen LogP contribution in [0, 0.1) is 0 Å². The molecular weight excluding hydrogens is 304 g/mol. The van der Waals surface area contributed by atoms with Crippen LogP contribution in [-0.4, -0.2) is 60.5 Å². The highest BCUT2D eigenvalue weighted by atomic mass is 16.5. The monoisotopic (exact) mass is 328 g/mol. The summed E-state index contributed by atoms with van der Waals surface area (Å²) in [5.74, 6) is 0.0765. The number of fused-ring (bicyclic) bond motifs is 2. The van der Waals surface area contributed by atoms with Crippen molar-refractivity contribution in [3.63, 3.8) is 0 Å². The first-order valence-corrected chi connectivity index (χ1v) is 8.92. The van der Waals surface area contributed by atoms with Gasteiger partial charge in [-0.05, 0) is 55.4 Å². The van der Waals surface area contributed by atoms with E-state index in [1.54, 1.807) is 4.90 Å². The third kappa shape index (κ3) is 2.71. The van der Waals surface area contributed by atoms with Crippen molar-refractivity contribution < 1.29 is 14.3 Å². The topological polar surface area (TPSA) is 49.9 Å². The van der Waals surface area contributed by atoms with E-state index in [2.05, 4.69) is 12.1 Å². The van der Waals surface area contributed by atoms with Gasteiger partial charge in [-0.3, -0.25) is 9.59 Å². The van der Waals surface area contributed by atoms with Gasteiger partial charge in [0.25, 0.3) is 5.91 Å². The number of benzene rings is 1.